The van der Waals surface area contributed by atoms with Crippen LogP contribution in [0.3, 0.4) is 0 Å². The van der Waals surface area contributed by atoms with Gasteiger partial charge in [0.2, 0.25) is 0 Å². The Morgan fingerprint density at radius 1 is 1.31 bits per heavy atom. The van der Waals surface area contributed by atoms with E-state index in [0.29, 0.717) is 5.75 Å². The molecule has 0 unspecified atom stereocenters. The van der Waals surface area contributed by atoms with Gasteiger partial charge in [-0.1, -0.05) is 6.07 Å². The second-order valence-electron chi connectivity index (χ2n) is 3.46. The van der Waals surface area contributed by atoms with E-state index in [1.807, 2.05) is 12.1 Å². The van der Waals surface area contributed by atoms with Gasteiger partial charge in [-0.15, -0.1) is 12.4 Å². The van der Waals surface area contributed by atoms with Gasteiger partial charge in [0.05, 0.1) is 0 Å². The highest BCUT2D eigenvalue weighted by Crippen LogP contribution is 2.23. The molecule has 0 heterocycles. The van der Waals surface area contributed by atoms with Crippen molar-refractivity contribution < 1.29 is 5.11 Å². The zero-order valence-electron chi connectivity index (χ0n) is 7.36. The molecule has 1 aliphatic rings. The zero-order valence-corrected chi connectivity index (χ0v) is 8.18. The Morgan fingerprint density at radius 3 is 2.85 bits per heavy atom. The quantitative estimate of drug-likeness (QED) is 0.667. The summed E-state index contributed by atoms with van der Waals surface area (Å²) >= 11 is 0. The van der Waals surface area contributed by atoms with Gasteiger partial charge < -0.3 is 10.8 Å². The fourth-order valence-corrected chi connectivity index (χ4v) is 1.77. The van der Waals surface area contributed by atoms with Gasteiger partial charge >= 0.3 is 0 Å². The van der Waals surface area contributed by atoms with Crippen LogP contribution in [0.25, 0.3) is 0 Å². The number of hydrogen-bond donors (Lipinski definition) is 2. The van der Waals surface area contributed by atoms with Crippen molar-refractivity contribution in [2.24, 2.45) is 5.73 Å². The Balaban J connectivity index is 0.000000845. The molecule has 0 aromatic heterocycles. The van der Waals surface area contributed by atoms with E-state index in [-0.39, 0.29) is 18.4 Å². The highest BCUT2D eigenvalue weighted by atomic mass is 35.5. The predicted molar refractivity (Wildman–Crippen MR) is 55.4 cm³/mol. The van der Waals surface area contributed by atoms with E-state index in [9.17, 15) is 5.11 Å². The highest BCUT2D eigenvalue weighted by Gasteiger charge is 2.14. The molecule has 13 heavy (non-hydrogen) atoms. The molecule has 0 aliphatic heterocycles. The van der Waals surface area contributed by atoms with Gasteiger partial charge in [0.1, 0.15) is 5.75 Å². The standard InChI is InChI=1S/C10H13NO.ClH/c11-9-3-1-7-2-4-10(12)6-8(7)5-9;/h2,4,6,9,12H,1,3,5,11H2;1H/t9-;/m1./s1. The molecule has 72 valence electrons. The van der Waals surface area contributed by atoms with Crippen molar-refractivity contribution in [2.75, 3.05) is 0 Å². The van der Waals surface area contributed by atoms with E-state index in [0.717, 1.165) is 19.3 Å². The summed E-state index contributed by atoms with van der Waals surface area (Å²) in [5.41, 5.74) is 8.38. The lowest BCUT2D eigenvalue weighted by Gasteiger charge is -2.21. The van der Waals surface area contributed by atoms with Crippen LogP contribution in [0, 0.1) is 0 Å². The smallest absolute Gasteiger partial charge is 0.115 e. The first-order valence-corrected chi connectivity index (χ1v) is 4.32. The minimum atomic E-state index is 0. The molecule has 0 fully saturated rings. The van der Waals surface area contributed by atoms with Crippen LogP contribution in [-0.4, -0.2) is 11.1 Å². The molecular formula is C10H14ClNO. The SMILES string of the molecule is Cl.N[C@@H]1CCc2ccc(O)cc2C1. The fourth-order valence-electron chi connectivity index (χ4n) is 1.77. The van der Waals surface area contributed by atoms with Crippen LogP contribution in [0.5, 0.6) is 5.75 Å². The van der Waals surface area contributed by atoms with Gasteiger partial charge in [-0.25, -0.2) is 0 Å². The summed E-state index contributed by atoms with van der Waals surface area (Å²) in [6.45, 7) is 0. The molecule has 1 aromatic rings. The van der Waals surface area contributed by atoms with Crippen molar-refractivity contribution in [1.82, 2.24) is 0 Å². The first-order valence-electron chi connectivity index (χ1n) is 4.32. The van der Waals surface area contributed by atoms with Crippen LogP contribution in [-0.2, 0) is 12.8 Å². The van der Waals surface area contributed by atoms with Crippen molar-refractivity contribution >= 4 is 12.4 Å². The summed E-state index contributed by atoms with van der Waals surface area (Å²) in [7, 11) is 0. The molecule has 0 spiro atoms. The molecule has 3 heteroatoms. The molecule has 0 radical (unpaired) electrons. The van der Waals surface area contributed by atoms with Gasteiger partial charge in [-0.3, -0.25) is 0 Å². The van der Waals surface area contributed by atoms with Gasteiger partial charge in [-0.05, 0) is 42.5 Å². The van der Waals surface area contributed by atoms with Crippen LogP contribution in [0.4, 0.5) is 0 Å². The third-order valence-corrected chi connectivity index (χ3v) is 2.46. The number of benzene rings is 1. The molecule has 1 aromatic carbocycles. The molecule has 0 saturated heterocycles. The lowest BCUT2D eigenvalue weighted by molar-refractivity contribution is 0.472. The van der Waals surface area contributed by atoms with Crippen LogP contribution < -0.4 is 5.73 Å². The second-order valence-corrected chi connectivity index (χ2v) is 3.46. The third-order valence-electron chi connectivity index (χ3n) is 2.46. The number of fused-ring (bicyclic) bond motifs is 1. The molecule has 2 nitrogen and oxygen atoms in total. The predicted octanol–water partition coefficient (Wildman–Crippen LogP) is 1.63. The van der Waals surface area contributed by atoms with Gasteiger partial charge in [0, 0.05) is 6.04 Å². The summed E-state index contributed by atoms with van der Waals surface area (Å²) in [5.74, 6) is 0.350. The van der Waals surface area contributed by atoms with E-state index < -0.39 is 0 Å². The number of phenols is 1. The highest BCUT2D eigenvalue weighted by molar-refractivity contribution is 5.85. The monoisotopic (exact) mass is 199 g/mol. The Kier molecular flexibility index (Phi) is 3.17. The molecule has 1 atom stereocenters. The maximum Gasteiger partial charge on any atom is 0.115 e. The van der Waals surface area contributed by atoms with Crippen molar-refractivity contribution in [1.29, 1.82) is 0 Å². The fraction of sp³-hybridized carbons (Fsp3) is 0.400. The Bertz CT molecular complexity index is 301. The summed E-state index contributed by atoms with van der Waals surface area (Å²) in [6.07, 6.45) is 3.03. The van der Waals surface area contributed by atoms with Crippen LogP contribution >= 0.6 is 12.4 Å². The Morgan fingerprint density at radius 2 is 2.08 bits per heavy atom. The first kappa shape index (κ1) is 10.4. The average molecular weight is 200 g/mol. The van der Waals surface area contributed by atoms with E-state index in [2.05, 4.69) is 0 Å². The van der Waals surface area contributed by atoms with Crippen molar-refractivity contribution in [3.63, 3.8) is 0 Å². The summed E-state index contributed by atoms with van der Waals surface area (Å²) < 4.78 is 0. The molecule has 1 aliphatic carbocycles. The second kappa shape index (κ2) is 3.99. The number of nitrogens with two attached hydrogens (primary N) is 1. The molecule has 3 N–H and O–H groups in total. The minimum Gasteiger partial charge on any atom is -0.508 e. The van der Waals surface area contributed by atoms with Gasteiger partial charge in [-0.2, -0.15) is 0 Å². The molecule has 0 saturated carbocycles. The molecule has 0 bridgehead atoms. The van der Waals surface area contributed by atoms with Crippen LogP contribution in [0.1, 0.15) is 17.5 Å². The van der Waals surface area contributed by atoms with Crippen LogP contribution in [0.2, 0.25) is 0 Å². The van der Waals surface area contributed by atoms with E-state index in [1.165, 1.54) is 11.1 Å². The van der Waals surface area contributed by atoms with Crippen molar-refractivity contribution in [3.05, 3.63) is 29.3 Å². The van der Waals surface area contributed by atoms with Gasteiger partial charge in [0.15, 0.2) is 0 Å². The molecule has 0 amide bonds. The van der Waals surface area contributed by atoms with Gasteiger partial charge in [0.25, 0.3) is 0 Å². The maximum absolute atomic E-state index is 9.23. The summed E-state index contributed by atoms with van der Waals surface area (Å²) in [4.78, 5) is 0. The first-order chi connectivity index (χ1) is 5.75. The number of phenolic OH excluding ortho intramolecular Hbond substituents is 1. The number of aryl methyl sites for hydroxylation is 1. The van der Waals surface area contributed by atoms with Crippen molar-refractivity contribution in [3.8, 4) is 5.75 Å². The lowest BCUT2D eigenvalue weighted by atomic mass is 9.89. The zero-order chi connectivity index (χ0) is 8.55. The Hall–Kier alpha value is -0.730. The topological polar surface area (TPSA) is 46.2 Å². The van der Waals surface area contributed by atoms with Crippen LogP contribution in [0.15, 0.2) is 18.2 Å². The van der Waals surface area contributed by atoms with E-state index in [1.54, 1.807) is 6.07 Å². The third kappa shape index (κ3) is 2.14. The average Bonchev–Trinajstić information content (AvgIpc) is 2.03. The molecular weight excluding hydrogens is 186 g/mol. The number of rotatable bonds is 0. The number of hydrogen-bond acceptors (Lipinski definition) is 2. The normalized spacial score (nSPS) is 20.2. The summed E-state index contributed by atoms with van der Waals surface area (Å²) in [6, 6.07) is 5.85. The molecule has 2 rings (SSSR count). The van der Waals surface area contributed by atoms with Crippen molar-refractivity contribution in [2.45, 2.75) is 25.3 Å². The Labute approximate surface area is 84.2 Å². The largest absolute Gasteiger partial charge is 0.508 e. The number of halogens is 1. The van der Waals surface area contributed by atoms with E-state index >= 15 is 0 Å². The lowest BCUT2D eigenvalue weighted by Crippen LogP contribution is -2.27. The summed E-state index contributed by atoms with van der Waals surface area (Å²) in [5, 5.41) is 9.23. The maximum atomic E-state index is 9.23. The number of aromatic hydroxyl groups is 1. The van der Waals surface area contributed by atoms with E-state index in [4.69, 9.17) is 5.73 Å². The minimum absolute atomic E-state index is 0.